The smallest absolute Gasteiger partial charge is 0.227 e. The zero-order valence-corrected chi connectivity index (χ0v) is 17.2. The molecule has 0 bridgehead atoms. The Kier molecular flexibility index (Phi) is 6.60. The Labute approximate surface area is 166 Å². The Hall–Kier alpha value is -1.10. The fraction of sp³-hybridized carbons (Fsp3) is 0.571. The number of halogens is 1. The van der Waals surface area contributed by atoms with Gasteiger partial charge in [-0.25, -0.2) is 0 Å². The van der Waals surface area contributed by atoms with Crippen molar-refractivity contribution in [3.05, 3.63) is 35.2 Å². The van der Waals surface area contributed by atoms with E-state index in [2.05, 4.69) is 39.4 Å². The van der Waals surface area contributed by atoms with Crippen LogP contribution in [0.3, 0.4) is 0 Å². The summed E-state index contributed by atoms with van der Waals surface area (Å²) < 4.78 is 1.28. The van der Waals surface area contributed by atoms with Gasteiger partial charge in [-0.1, -0.05) is 25.0 Å². The molecule has 1 aromatic heterocycles. The first-order valence-corrected chi connectivity index (χ1v) is 10.6. The molecule has 2 aliphatic rings. The van der Waals surface area contributed by atoms with Gasteiger partial charge in [0, 0.05) is 23.8 Å². The van der Waals surface area contributed by atoms with E-state index in [1.54, 1.807) is 11.3 Å². The number of hydrogen-bond acceptors (Lipinski definition) is 3. The van der Waals surface area contributed by atoms with E-state index in [9.17, 15) is 4.79 Å². The highest BCUT2D eigenvalue weighted by Crippen LogP contribution is 2.30. The monoisotopic (exact) mass is 392 g/mol. The van der Waals surface area contributed by atoms with Crippen molar-refractivity contribution in [3.63, 3.8) is 0 Å². The lowest BCUT2D eigenvalue weighted by atomic mass is 9.88. The van der Waals surface area contributed by atoms with Crippen LogP contribution in [0.5, 0.6) is 0 Å². The fourth-order valence-electron chi connectivity index (χ4n) is 4.73. The summed E-state index contributed by atoms with van der Waals surface area (Å²) in [6.07, 6.45) is 8.14. The highest BCUT2D eigenvalue weighted by atomic mass is 35.5. The van der Waals surface area contributed by atoms with Gasteiger partial charge in [0.15, 0.2) is 0 Å². The molecule has 1 aromatic carbocycles. The first-order chi connectivity index (χ1) is 12.2. The summed E-state index contributed by atoms with van der Waals surface area (Å²) in [4.78, 5) is 17.8. The van der Waals surface area contributed by atoms with E-state index in [1.807, 2.05) is 7.05 Å². The van der Waals surface area contributed by atoms with E-state index in [-0.39, 0.29) is 18.3 Å². The van der Waals surface area contributed by atoms with Crippen LogP contribution in [0.15, 0.2) is 29.6 Å². The third-order valence-electron chi connectivity index (χ3n) is 6.12. The zero-order chi connectivity index (χ0) is 17.2. The van der Waals surface area contributed by atoms with Gasteiger partial charge in [-0.3, -0.25) is 9.69 Å². The molecule has 2 fully saturated rings. The van der Waals surface area contributed by atoms with Crippen molar-refractivity contribution in [3.8, 4) is 0 Å². The lowest BCUT2D eigenvalue weighted by Gasteiger charge is -2.42. The van der Waals surface area contributed by atoms with E-state index in [4.69, 9.17) is 0 Å². The Morgan fingerprint density at radius 3 is 2.73 bits per heavy atom. The second-order valence-electron chi connectivity index (χ2n) is 7.59. The van der Waals surface area contributed by atoms with Crippen LogP contribution in [-0.4, -0.2) is 47.9 Å². The molecule has 1 saturated carbocycles. The lowest BCUT2D eigenvalue weighted by molar-refractivity contribution is -0.133. The lowest BCUT2D eigenvalue weighted by Crippen LogP contribution is -2.53. The van der Waals surface area contributed by atoms with Crippen LogP contribution in [0.25, 0.3) is 10.1 Å². The van der Waals surface area contributed by atoms with Gasteiger partial charge in [-0.05, 0) is 67.2 Å². The number of amides is 1. The Balaban J connectivity index is 0.00000196. The number of nitrogens with zero attached hydrogens (tertiary/aromatic N) is 2. The highest BCUT2D eigenvalue weighted by molar-refractivity contribution is 7.17. The quantitative estimate of drug-likeness (QED) is 0.750. The molecule has 1 saturated heterocycles. The average molecular weight is 393 g/mol. The molecule has 0 radical (unpaired) electrons. The summed E-state index contributed by atoms with van der Waals surface area (Å²) in [5.41, 5.74) is 1.17. The molecule has 26 heavy (non-hydrogen) atoms. The molecule has 2 atom stereocenters. The van der Waals surface area contributed by atoms with Gasteiger partial charge in [0.1, 0.15) is 0 Å². The third-order valence-corrected chi connectivity index (χ3v) is 7.00. The molecule has 5 heteroatoms. The number of carbonyl (C=O) groups excluding carboxylic acids is 1. The molecule has 3 nitrogen and oxygen atoms in total. The molecule has 0 spiro atoms. The van der Waals surface area contributed by atoms with Crippen molar-refractivity contribution in [2.75, 3.05) is 20.1 Å². The summed E-state index contributed by atoms with van der Waals surface area (Å²) in [7, 11) is 2.04. The summed E-state index contributed by atoms with van der Waals surface area (Å²) in [5, 5.41) is 3.36. The Morgan fingerprint density at radius 1 is 1.15 bits per heavy atom. The predicted octanol–water partition coefficient (Wildman–Crippen LogP) is 4.73. The maximum Gasteiger partial charge on any atom is 0.227 e. The third kappa shape index (κ3) is 3.92. The minimum Gasteiger partial charge on any atom is -0.341 e. The van der Waals surface area contributed by atoms with Crippen LogP contribution in [0.4, 0.5) is 0 Å². The second-order valence-corrected chi connectivity index (χ2v) is 8.54. The SMILES string of the molecule is CN(C(=O)Cc1cccc2sccc12)C1CCCCC1N1CCCC1.Cl. The summed E-state index contributed by atoms with van der Waals surface area (Å²) in [5.74, 6) is 0.273. The van der Waals surface area contributed by atoms with Crippen molar-refractivity contribution < 1.29 is 4.79 Å². The van der Waals surface area contributed by atoms with Gasteiger partial charge in [0.05, 0.1) is 6.42 Å². The minimum absolute atomic E-state index is 0. The summed E-state index contributed by atoms with van der Waals surface area (Å²) >= 11 is 1.75. The van der Waals surface area contributed by atoms with Crippen LogP contribution in [0.2, 0.25) is 0 Å². The largest absolute Gasteiger partial charge is 0.341 e. The molecule has 2 unspecified atom stereocenters. The standard InChI is InChI=1S/C21H28N2OS.ClH/c1-22(18-8-2-3-9-19(18)23-12-4-5-13-23)21(24)15-16-7-6-10-20-17(16)11-14-25-20;/h6-7,10-11,14,18-19H,2-5,8-9,12-13,15H2,1H3;1H. The van der Waals surface area contributed by atoms with Crippen LogP contribution in [0, 0.1) is 0 Å². The molecule has 4 rings (SSSR count). The van der Waals surface area contributed by atoms with Gasteiger partial charge in [0.25, 0.3) is 0 Å². The number of benzene rings is 1. The summed E-state index contributed by atoms with van der Waals surface area (Å²) in [6.45, 7) is 2.44. The fourth-order valence-corrected chi connectivity index (χ4v) is 5.56. The molecule has 1 aliphatic carbocycles. The Morgan fingerprint density at radius 2 is 1.92 bits per heavy atom. The first kappa shape index (κ1) is 19.7. The van der Waals surface area contributed by atoms with E-state index < -0.39 is 0 Å². The molecular formula is C21H29ClN2OS. The number of rotatable bonds is 4. The number of carbonyl (C=O) groups is 1. The molecule has 0 N–H and O–H groups in total. The van der Waals surface area contributed by atoms with Crippen molar-refractivity contribution in [1.82, 2.24) is 9.80 Å². The van der Waals surface area contributed by atoms with Crippen molar-refractivity contribution in [1.29, 1.82) is 0 Å². The average Bonchev–Trinajstić information content (AvgIpc) is 3.33. The minimum atomic E-state index is 0. The van der Waals surface area contributed by atoms with E-state index >= 15 is 0 Å². The van der Waals surface area contributed by atoms with Gasteiger partial charge >= 0.3 is 0 Å². The highest BCUT2D eigenvalue weighted by Gasteiger charge is 2.35. The van der Waals surface area contributed by atoms with Gasteiger partial charge in [0.2, 0.25) is 5.91 Å². The normalized spacial score (nSPS) is 23.7. The van der Waals surface area contributed by atoms with Crippen LogP contribution < -0.4 is 0 Å². The van der Waals surface area contributed by atoms with Gasteiger partial charge in [-0.2, -0.15) is 0 Å². The number of thiophene rings is 1. The Bertz CT molecular complexity index is 740. The van der Waals surface area contributed by atoms with Crippen LogP contribution in [-0.2, 0) is 11.2 Å². The predicted molar refractivity (Wildman–Crippen MR) is 112 cm³/mol. The number of likely N-dealkylation sites (tertiary alicyclic amines) is 1. The number of fused-ring (bicyclic) bond motifs is 1. The topological polar surface area (TPSA) is 23.6 Å². The maximum atomic E-state index is 13.0. The van der Waals surface area contributed by atoms with Crippen molar-refractivity contribution in [2.45, 2.75) is 57.0 Å². The van der Waals surface area contributed by atoms with Crippen molar-refractivity contribution in [2.24, 2.45) is 0 Å². The van der Waals surface area contributed by atoms with Crippen LogP contribution in [0.1, 0.15) is 44.1 Å². The summed E-state index contributed by atoms with van der Waals surface area (Å²) in [6, 6.07) is 9.44. The molecular weight excluding hydrogens is 364 g/mol. The van der Waals surface area contributed by atoms with Gasteiger partial charge in [-0.15, -0.1) is 23.7 Å². The second kappa shape index (κ2) is 8.73. The number of likely N-dealkylation sites (N-methyl/N-ethyl adjacent to an activating group) is 1. The molecule has 2 heterocycles. The number of hydrogen-bond donors (Lipinski definition) is 0. The van der Waals surface area contributed by atoms with E-state index in [0.717, 1.165) is 6.42 Å². The molecule has 1 aliphatic heterocycles. The van der Waals surface area contributed by atoms with E-state index in [1.165, 1.54) is 60.8 Å². The first-order valence-electron chi connectivity index (χ1n) is 9.69. The van der Waals surface area contributed by atoms with Crippen LogP contribution >= 0.6 is 23.7 Å². The van der Waals surface area contributed by atoms with Crippen molar-refractivity contribution >= 4 is 39.7 Å². The molecule has 142 valence electrons. The van der Waals surface area contributed by atoms with Gasteiger partial charge < -0.3 is 4.90 Å². The zero-order valence-electron chi connectivity index (χ0n) is 15.5. The maximum absolute atomic E-state index is 13.0. The molecule has 1 amide bonds. The molecule has 2 aromatic rings. The van der Waals surface area contributed by atoms with E-state index in [0.29, 0.717) is 18.5 Å².